The Bertz CT molecular complexity index is 1220. The van der Waals surface area contributed by atoms with Crippen LogP contribution in [0.15, 0.2) is 47.8 Å². The van der Waals surface area contributed by atoms with Gasteiger partial charge in [-0.25, -0.2) is 4.79 Å². The van der Waals surface area contributed by atoms with Crippen molar-refractivity contribution < 1.29 is 24.2 Å². The molecule has 3 aromatic rings. The molecular weight excluding hydrogens is 478 g/mol. The maximum absolute atomic E-state index is 12.3. The average Bonchev–Trinajstić information content (AvgIpc) is 3.37. The molecule has 2 aliphatic heterocycles. The van der Waals surface area contributed by atoms with Crippen LogP contribution in [0, 0.1) is 0 Å². The molecule has 1 aromatic heterocycles. The fraction of sp³-hybridized carbons (Fsp3) is 0.407. The third kappa shape index (κ3) is 5.57. The fourth-order valence-corrected chi connectivity index (χ4v) is 5.77. The highest BCUT2D eigenvalue weighted by Crippen LogP contribution is 2.32. The third-order valence-electron chi connectivity index (χ3n) is 6.90. The van der Waals surface area contributed by atoms with Gasteiger partial charge in [0.2, 0.25) is 5.91 Å². The molecule has 1 N–H and O–H groups in total. The van der Waals surface area contributed by atoms with Gasteiger partial charge in [-0.05, 0) is 61.0 Å². The molecule has 5 rings (SSSR count). The summed E-state index contributed by atoms with van der Waals surface area (Å²) in [5.74, 6) is 0.535. The van der Waals surface area contributed by atoms with E-state index in [9.17, 15) is 9.59 Å². The highest BCUT2D eigenvalue weighted by Gasteiger charge is 2.26. The number of unbranched alkanes of at least 4 members (excludes halogenated alkanes) is 1. The second-order valence-corrected chi connectivity index (χ2v) is 10.1. The van der Waals surface area contributed by atoms with E-state index >= 15 is 0 Å². The lowest BCUT2D eigenvalue weighted by atomic mass is 10.0. The molecule has 0 aliphatic carbocycles. The van der Waals surface area contributed by atoms with Crippen LogP contribution in [0.1, 0.15) is 24.8 Å². The van der Waals surface area contributed by atoms with Gasteiger partial charge >= 0.3 is 6.16 Å². The van der Waals surface area contributed by atoms with Gasteiger partial charge in [-0.1, -0.05) is 12.1 Å². The number of aryl methyl sites for hydroxylation is 1. The van der Waals surface area contributed by atoms with Crippen molar-refractivity contribution in [1.82, 2.24) is 4.90 Å². The van der Waals surface area contributed by atoms with Gasteiger partial charge in [-0.3, -0.25) is 14.6 Å². The van der Waals surface area contributed by atoms with Crippen LogP contribution in [0.4, 0.5) is 16.2 Å². The Morgan fingerprint density at radius 3 is 2.69 bits per heavy atom. The number of anilines is 2. The van der Waals surface area contributed by atoms with Gasteiger partial charge in [0, 0.05) is 54.4 Å². The molecule has 9 heteroatoms. The minimum atomic E-state index is -1.40. The number of hydrogen-bond donors (Lipinski definition) is 1. The summed E-state index contributed by atoms with van der Waals surface area (Å²) in [7, 11) is 0. The fourth-order valence-electron chi connectivity index (χ4n) is 4.96. The molecule has 36 heavy (non-hydrogen) atoms. The predicted octanol–water partition coefficient (Wildman–Crippen LogP) is 4.81. The molecule has 0 bridgehead atoms. The molecule has 3 heterocycles. The summed E-state index contributed by atoms with van der Waals surface area (Å²) in [6, 6.07) is 14.5. The van der Waals surface area contributed by atoms with Crippen LogP contribution in [-0.4, -0.2) is 68.1 Å². The quantitative estimate of drug-likeness (QED) is 0.327. The first-order chi connectivity index (χ1) is 17.6. The monoisotopic (exact) mass is 509 g/mol. The number of rotatable bonds is 9. The lowest BCUT2D eigenvalue weighted by molar-refractivity contribution is -0.119. The van der Waals surface area contributed by atoms with Crippen molar-refractivity contribution in [2.75, 3.05) is 55.9 Å². The SMILES string of the molecule is O=C(O)OCN1C(=O)CCc2ccc(OCCCCN3CCN(c4cccc5sccc45)CC3)cc21. The summed E-state index contributed by atoms with van der Waals surface area (Å²) in [6.45, 7) is 5.56. The number of fused-ring (bicyclic) bond motifs is 2. The van der Waals surface area contributed by atoms with Crippen LogP contribution in [-0.2, 0) is 16.0 Å². The number of carboxylic acid groups (broad SMARTS) is 1. The van der Waals surface area contributed by atoms with Crippen LogP contribution in [0.5, 0.6) is 5.75 Å². The summed E-state index contributed by atoms with van der Waals surface area (Å²) < 4.78 is 11.9. The number of piperazine rings is 1. The van der Waals surface area contributed by atoms with Crippen LogP contribution in [0.2, 0.25) is 0 Å². The lowest BCUT2D eigenvalue weighted by Crippen LogP contribution is -2.46. The van der Waals surface area contributed by atoms with Crippen molar-refractivity contribution in [3.8, 4) is 5.75 Å². The van der Waals surface area contributed by atoms with E-state index in [0.717, 1.165) is 51.1 Å². The van der Waals surface area contributed by atoms with Crippen LogP contribution in [0.25, 0.3) is 10.1 Å². The topological polar surface area (TPSA) is 82.5 Å². The molecule has 0 radical (unpaired) electrons. The number of hydrogen-bond acceptors (Lipinski definition) is 7. The number of nitrogens with zero attached hydrogens (tertiary/aromatic N) is 3. The first-order valence-electron chi connectivity index (χ1n) is 12.4. The van der Waals surface area contributed by atoms with Gasteiger partial charge < -0.3 is 19.5 Å². The molecule has 1 saturated heterocycles. The minimum Gasteiger partial charge on any atom is -0.494 e. The van der Waals surface area contributed by atoms with E-state index in [1.54, 1.807) is 11.3 Å². The second-order valence-electron chi connectivity index (χ2n) is 9.15. The summed E-state index contributed by atoms with van der Waals surface area (Å²) in [4.78, 5) is 29.5. The van der Waals surface area contributed by atoms with Gasteiger partial charge in [-0.15, -0.1) is 11.3 Å². The molecule has 190 valence electrons. The maximum Gasteiger partial charge on any atom is 0.507 e. The number of benzene rings is 2. The molecule has 0 spiro atoms. The smallest absolute Gasteiger partial charge is 0.494 e. The number of carbonyl (C=O) groups is 2. The van der Waals surface area contributed by atoms with Crippen LogP contribution in [0.3, 0.4) is 0 Å². The van der Waals surface area contributed by atoms with Crippen molar-refractivity contribution in [3.05, 3.63) is 53.4 Å². The van der Waals surface area contributed by atoms with E-state index in [1.807, 2.05) is 18.2 Å². The predicted molar refractivity (Wildman–Crippen MR) is 141 cm³/mol. The molecule has 2 aromatic carbocycles. The Morgan fingerprint density at radius 1 is 1.00 bits per heavy atom. The Balaban J connectivity index is 1.06. The Labute approximate surface area is 214 Å². The van der Waals surface area contributed by atoms with Gasteiger partial charge in [-0.2, -0.15) is 0 Å². The van der Waals surface area contributed by atoms with Gasteiger partial charge in [0.1, 0.15) is 5.75 Å². The van der Waals surface area contributed by atoms with E-state index in [-0.39, 0.29) is 12.6 Å². The number of thiophene rings is 1. The molecule has 0 atom stereocenters. The highest BCUT2D eigenvalue weighted by atomic mass is 32.1. The van der Waals surface area contributed by atoms with E-state index in [4.69, 9.17) is 9.84 Å². The normalized spacial score (nSPS) is 16.3. The van der Waals surface area contributed by atoms with Crippen molar-refractivity contribution in [2.45, 2.75) is 25.7 Å². The standard InChI is InChI=1S/C27H31N3O5S/c31-26-9-7-20-6-8-21(18-24(20)30(26)19-35-27(32)33)34-16-2-1-11-28-12-14-29(15-13-28)23-4-3-5-25-22(23)10-17-36-25/h3-6,8,10,17-18H,1-2,7,9,11-16,19H2,(H,32,33). The van der Waals surface area contributed by atoms with E-state index in [0.29, 0.717) is 30.9 Å². The van der Waals surface area contributed by atoms with Crippen LogP contribution >= 0.6 is 11.3 Å². The van der Waals surface area contributed by atoms with E-state index < -0.39 is 6.16 Å². The van der Waals surface area contributed by atoms with E-state index in [1.165, 1.54) is 20.7 Å². The summed E-state index contributed by atoms with van der Waals surface area (Å²) in [5, 5.41) is 12.3. The molecule has 1 fully saturated rings. The number of carbonyl (C=O) groups excluding carboxylic acids is 1. The Hall–Kier alpha value is -3.30. The molecular formula is C27H31N3O5S. The Morgan fingerprint density at radius 2 is 1.86 bits per heavy atom. The second kappa shape index (κ2) is 11.2. The molecule has 0 saturated carbocycles. The van der Waals surface area contributed by atoms with Gasteiger partial charge in [0.05, 0.1) is 12.3 Å². The van der Waals surface area contributed by atoms with Crippen LogP contribution < -0.4 is 14.5 Å². The van der Waals surface area contributed by atoms with E-state index in [2.05, 4.69) is 44.2 Å². The molecule has 2 aliphatic rings. The van der Waals surface area contributed by atoms with Gasteiger partial charge in [0.25, 0.3) is 0 Å². The van der Waals surface area contributed by atoms with Crippen molar-refractivity contribution in [2.24, 2.45) is 0 Å². The summed E-state index contributed by atoms with van der Waals surface area (Å²) in [5.41, 5.74) is 3.01. The minimum absolute atomic E-state index is 0.145. The number of amides is 1. The number of ether oxygens (including phenoxy) is 2. The highest BCUT2D eigenvalue weighted by molar-refractivity contribution is 7.17. The average molecular weight is 510 g/mol. The Kier molecular flexibility index (Phi) is 7.58. The zero-order chi connectivity index (χ0) is 24.9. The first-order valence-corrected chi connectivity index (χ1v) is 13.3. The van der Waals surface area contributed by atoms with Crippen molar-refractivity contribution in [3.63, 3.8) is 0 Å². The van der Waals surface area contributed by atoms with Crippen molar-refractivity contribution in [1.29, 1.82) is 0 Å². The first kappa shape index (κ1) is 24.4. The maximum atomic E-state index is 12.3. The summed E-state index contributed by atoms with van der Waals surface area (Å²) in [6.07, 6.45) is 1.57. The van der Waals surface area contributed by atoms with Crippen molar-refractivity contribution >= 4 is 44.9 Å². The largest absolute Gasteiger partial charge is 0.507 e. The molecule has 1 amide bonds. The van der Waals surface area contributed by atoms with Gasteiger partial charge in [0.15, 0.2) is 6.73 Å². The lowest BCUT2D eigenvalue weighted by Gasteiger charge is -2.36. The molecule has 0 unspecified atom stereocenters. The zero-order valence-corrected chi connectivity index (χ0v) is 21.0. The molecule has 8 nitrogen and oxygen atoms in total. The zero-order valence-electron chi connectivity index (χ0n) is 20.2. The third-order valence-corrected chi connectivity index (χ3v) is 7.78. The summed E-state index contributed by atoms with van der Waals surface area (Å²) >= 11 is 1.80.